The minimum atomic E-state index is -4.59. The van der Waals surface area contributed by atoms with Crippen molar-refractivity contribution in [2.75, 3.05) is 4.90 Å². The Balaban J connectivity index is 1.61. The number of Topliss-reactive ketones (excluding diaryl/α,β-unsaturated/α-hetero) is 1. The molecule has 5 rings (SSSR count). The van der Waals surface area contributed by atoms with E-state index in [9.17, 15) is 32.3 Å². The van der Waals surface area contributed by atoms with Gasteiger partial charge in [-0.1, -0.05) is 42.5 Å². The molecule has 1 aromatic heterocycles. The summed E-state index contributed by atoms with van der Waals surface area (Å²) in [5.74, 6) is -3.02. The topological polar surface area (TPSA) is 70.5 Å². The quantitative estimate of drug-likeness (QED) is 0.218. The Morgan fingerprint density at radius 1 is 0.974 bits per heavy atom. The fraction of sp³-hybridized carbons (Fsp3) is 0.107. The van der Waals surface area contributed by atoms with Crippen LogP contribution in [-0.2, 0) is 11.0 Å². The molecule has 0 aliphatic carbocycles. The Labute approximate surface area is 218 Å². The van der Waals surface area contributed by atoms with Crippen LogP contribution in [0.25, 0.3) is 10.6 Å². The highest BCUT2D eigenvalue weighted by Crippen LogP contribution is 2.44. The lowest BCUT2D eigenvalue weighted by atomic mass is 9.94. The first kappa shape index (κ1) is 25.3. The average molecular weight is 539 g/mol. The predicted octanol–water partition coefficient (Wildman–Crippen LogP) is 7.06. The highest BCUT2D eigenvalue weighted by molar-refractivity contribution is 7.17. The maximum atomic E-state index is 13.8. The molecule has 192 valence electrons. The van der Waals surface area contributed by atoms with Crippen molar-refractivity contribution >= 4 is 28.7 Å². The third-order valence-corrected chi connectivity index (χ3v) is 7.34. The molecular formula is C28H18F4N2O3S. The van der Waals surface area contributed by atoms with Gasteiger partial charge < -0.3 is 5.11 Å². The van der Waals surface area contributed by atoms with Gasteiger partial charge in [0.2, 0.25) is 5.78 Å². The van der Waals surface area contributed by atoms with Crippen molar-refractivity contribution in [3.8, 4) is 10.6 Å². The van der Waals surface area contributed by atoms with Crippen LogP contribution >= 0.6 is 11.3 Å². The largest absolute Gasteiger partial charge is 0.503 e. The van der Waals surface area contributed by atoms with Gasteiger partial charge in [0, 0.05) is 11.3 Å². The lowest BCUT2D eigenvalue weighted by Gasteiger charge is -2.27. The number of thiazole rings is 1. The van der Waals surface area contributed by atoms with Crippen molar-refractivity contribution in [2.45, 2.75) is 19.1 Å². The number of rotatable bonds is 5. The Kier molecular flexibility index (Phi) is 6.36. The average Bonchev–Trinajstić information content (AvgIpc) is 3.41. The van der Waals surface area contributed by atoms with E-state index in [-0.39, 0.29) is 21.7 Å². The summed E-state index contributed by atoms with van der Waals surface area (Å²) in [5, 5.41) is 11.5. The number of anilines is 1. The Hall–Kier alpha value is -4.31. The van der Waals surface area contributed by atoms with Crippen molar-refractivity contribution in [3.05, 3.63) is 118 Å². The monoisotopic (exact) mass is 538 g/mol. The van der Waals surface area contributed by atoms with Crippen LogP contribution in [0.1, 0.15) is 32.5 Å². The molecule has 1 aliphatic heterocycles. The molecule has 38 heavy (non-hydrogen) atoms. The molecule has 0 fully saturated rings. The molecule has 1 N–H and O–H groups in total. The molecule has 1 amide bonds. The van der Waals surface area contributed by atoms with Gasteiger partial charge in [0.05, 0.1) is 27.7 Å². The molecule has 3 aromatic carbocycles. The molecule has 5 nitrogen and oxygen atoms in total. The maximum absolute atomic E-state index is 13.8. The lowest BCUT2D eigenvalue weighted by molar-refractivity contribution is -0.137. The summed E-state index contributed by atoms with van der Waals surface area (Å²) < 4.78 is 53.1. The van der Waals surface area contributed by atoms with E-state index in [1.165, 1.54) is 12.1 Å². The molecule has 0 saturated heterocycles. The number of hydrogen-bond donors (Lipinski definition) is 1. The van der Waals surface area contributed by atoms with Crippen LogP contribution in [-0.4, -0.2) is 21.8 Å². The van der Waals surface area contributed by atoms with Crippen molar-refractivity contribution in [3.63, 3.8) is 0 Å². The molecule has 0 bridgehead atoms. The SMILES string of the molecule is Cc1nc(-c2ccccc2)sc1C(=O)C1=C(O)C(=O)N(c2ccc(C(F)(F)F)cc2)C1c1ccc(F)cc1. The number of aliphatic hydroxyl groups is 1. The number of benzene rings is 3. The second-order valence-corrected chi connectivity index (χ2v) is 9.56. The number of aromatic nitrogens is 1. The lowest BCUT2D eigenvalue weighted by Crippen LogP contribution is -2.31. The van der Waals surface area contributed by atoms with Crippen LogP contribution in [0.5, 0.6) is 0 Å². The Morgan fingerprint density at radius 3 is 2.21 bits per heavy atom. The minimum Gasteiger partial charge on any atom is -0.503 e. The molecular weight excluding hydrogens is 520 g/mol. The van der Waals surface area contributed by atoms with E-state index in [0.717, 1.165) is 58.2 Å². The van der Waals surface area contributed by atoms with Gasteiger partial charge in [0.1, 0.15) is 10.8 Å². The third-order valence-electron chi connectivity index (χ3n) is 6.13. The number of carbonyl (C=O) groups is 2. The fourth-order valence-corrected chi connectivity index (χ4v) is 5.33. The summed E-state index contributed by atoms with van der Waals surface area (Å²) in [6.45, 7) is 1.63. The second-order valence-electron chi connectivity index (χ2n) is 8.56. The minimum absolute atomic E-state index is 0.0256. The van der Waals surface area contributed by atoms with Gasteiger partial charge in [-0.05, 0) is 48.9 Å². The number of ketones is 1. The molecule has 4 aromatic rings. The number of alkyl halides is 3. The molecule has 0 spiro atoms. The molecule has 0 radical (unpaired) electrons. The third kappa shape index (κ3) is 4.47. The first-order valence-electron chi connectivity index (χ1n) is 11.3. The van der Waals surface area contributed by atoms with E-state index < -0.39 is 41.0 Å². The van der Waals surface area contributed by atoms with Crippen molar-refractivity contribution in [1.82, 2.24) is 4.98 Å². The smallest absolute Gasteiger partial charge is 0.416 e. The van der Waals surface area contributed by atoms with E-state index in [4.69, 9.17) is 0 Å². The molecule has 1 aliphatic rings. The van der Waals surface area contributed by atoms with Crippen molar-refractivity contribution < 1.29 is 32.3 Å². The molecule has 2 heterocycles. The molecule has 0 saturated carbocycles. The van der Waals surface area contributed by atoms with Crippen LogP contribution in [0.4, 0.5) is 23.2 Å². The number of nitrogens with zero attached hydrogens (tertiary/aromatic N) is 2. The van der Waals surface area contributed by atoms with Gasteiger partial charge in [-0.2, -0.15) is 13.2 Å². The normalized spacial score (nSPS) is 15.9. The summed E-state index contributed by atoms with van der Waals surface area (Å²) in [6, 6.07) is 16.7. The van der Waals surface area contributed by atoms with Crippen molar-refractivity contribution in [2.24, 2.45) is 0 Å². The van der Waals surface area contributed by atoms with Crippen LogP contribution < -0.4 is 4.90 Å². The zero-order valence-corrected chi connectivity index (χ0v) is 20.5. The number of aliphatic hydroxyl groups excluding tert-OH is 1. The summed E-state index contributed by atoms with van der Waals surface area (Å²) >= 11 is 1.09. The van der Waals surface area contributed by atoms with Gasteiger partial charge in [-0.25, -0.2) is 9.37 Å². The van der Waals surface area contributed by atoms with Crippen LogP contribution in [0.2, 0.25) is 0 Å². The number of aryl methyl sites for hydroxylation is 1. The molecule has 1 unspecified atom stereocenters. The van der Waals surface area contributed by atoms with Gasteiger partial charge >= 0.3 is 6.18 Å². The Bertz CT molecular complexity index is 1560. The highest BCUT2D eigenvalue weighted by Gasteiger charge is 2.45. The number of amides is 1. The number of halogens is 4. The van der Waals surface area contributed by atoms with Crippen LogP contribution in [0.15, 0.2) is 90.2 Å². The molecule has 10 heteroatoms. The van der Waals surface area contributed by atoms with E-state index in [1.807, 2.05) is 30.3 Å². The fourth-order valence-electron chi connectivity index (χ4n) is 4.31. The second kappa shape index (κ2) is 9.53. The number of carbonyl (C=O) groups excluding carboxylic acids is 2. The molecule has 1 atom stereocenters. The van der Waals surface area contributed by atoms with E-state index in [2.05, 4.69) is 4.98 Å². The van der Waals surface area contributed by atoms with Gasteiger partial charge in [0.15, 0.2) is 5.76 Å². The van der Waals surface area contributed by atoms with Crippen LogP contribution in [0.3, 0.4) is 0 Å². The van der Waals surface area contributed by atoms with Gasteiger partial charge in [-0.3, -0.25) is 14.5 Å². The van der Waals surface area contributed by atoms with E-state index >= 15 is 0 Å². The summed E-state index contributed by atoms with van der Waals surface area (Å²) in [6.07, 6.45) is -4.59. The van der Waals surface area contributed by atoms with Gasteiger partial charge in [0.25, 0.3) is 5.91 Å². The highest BCUT2D eigenvalue weighted by atomic mass is 32.1. The van der Waals surface area contributed by atoms with Crippen LogP contribution in [0, 0.1) is 12.7 Å². The van der Waals surface area contributed by atoms with Gasteiger partial charge in [-0.15, -0.1) is 11.3 Å². The zero-order chi connectivity index (χ0) is 27.2. The van der Waals surface area contributed by atoms with E-state index in [1.54, 1.807) is 6.92 Å². The standard InChI is InChI=1S/C28H18F4N2O3S/c1-15-25(38-26(33-15)17-5-3-2-4-6-17)23(35)21-22(16-7-11-19(29)12-8-16)34(27(37)24(21)36)20-13-9-18(10-14-20)28(30,31)32/h2-14,22,36H,1H3. The number of hydrogen-bond acceptors (Lipinski definition) is 5. The summed E-state index contributed by atoms with van der Waals surface area (Å²) in [4.78, 5) is 32.8. The Morgan fingerprint density at radius 2 is 1.61 bits per heavy atom. The predicted molar refractivity (Wildman–Crippen MR) is 134 cm³/mol. The summed E-state index contributed by atoms with van der Waals surface area (Å²) in [5.41, 5.74) is 0.288. The maximum Gasteiger partial charge on any atom is 0.416 e. The summed E-state index contributed by atoms with van der Waals surface area (Å²) in [7, 11) is 0. The first-order valence-corrected chi connectivity index (χ1v) is 12.1. The first-order chi connectivity index (χ1) is 18.1. The van der Waals surface area contributed by atoms with Crippen molar-refractivity contribution in [1.29, 1.82) is 0 Å². The van der Waals surface area contributed by atoms with E-state index in [0.29, 0.717) is 10.7 Å². The zero-order valence-electron chi connectivity index (χ0n) is 19.7.